The van der Waals surface area contributed by atoms with Crippen LogP contribution >= 0.6 is 0 Å². The first-order valence-corrected chi connectivity index (χ1v) is 7.67. The Morgan fingerprint density at radius 1 is 1.35 bits per heavy atom. The van der Waals surface area contributed by atoms with Gasteiger partial charge in [-0.05, 0) is 70.2 Å². The Labute approximate surface area is 121 Å². The third kappa shape index (κ3) is 3.80. The van der Waals surface area contributed by atoms with Gasteiger partial charge in [0.15, 0.2) is 0 Å². The largest absolute Gasteiger partial charge is 0.378 e. The van der Waals surface area contributed by atoms with Gasteiger partial charge in [-0.1, -0.05) is 6.07 Å². The molecule has 1 aliphatic rings. The molecule has 0 amide bonds. The molecule has 3 heteroatoms. The van der Waals surface area contributed by atoms with Gasteiger partial charge in [-0.15, -0.1) is 0 Å². The average Bonchev–Trinajstić information content (AvgIpc) is 2.42. The second-order valence-electron chi connectivity index (χ2n) is 5.88. The van der Waals surface area contributed by atoms with Gasteiger partial charge in [-0.3, -0.25) is 0 Å². The summed E-state index contributed by atoms with van der Waals surface area (Å²) in [6.45, 7) is 4.81. The van der Waals surface area contributed by atoms with Crippen molar-refractivity contribution in [3.63, 3.8) is 0 Å². The van der Waals surface area contributed by atoms with E-state index in [-0.39, 0.29) is 11.9 Å². The molecule has 0 bridgehead atoms. The van der Waals surface area contributed by atoms with Gasteiger partial charge in [-0.2, -0.15) is 0 Å². The van der Waals surface area contributed by atoms with Gasteiger partial charge >= 0.3 is 0 Å². The highest BCUT2D eigenvalue weighted by Crippen LogP contribution is 2.28. The van der Waals surface area contributed by atoms with Crippen molar-refractivity contribution < 1.29 is 9.13 Å². The SMILES string of the molecule is CNC(CCC1CCCCO1)c1c(C)cc(C)cc1F. The van der Waals surface area contributed by atoms with Gasteiger partial charge < -0.3 is 10.1 Å². The van der Waals surface area contributed by atoms with Gasteiger partial charge in [0, 0.05) is 18.2 Å². The predicted molar refractivity (Wildman–Crippen MR) is 80.5 cm³/mol. The van der Waals surface area contributed by atoms with E-state index in [9.17, 15) is 4.39 Å². The molecule has 1 saturated heterocycles. The van der Waals surface area contributed by atoms with Crippen molar-refractivity contribution in [1.82, 2.24) is 5.32 Å². The Morgan fingerprint density at radius 3 is 2.75 bits per heavy atom. The molecule has 20 heavy (non-hydrogen) atoms. The van der Waals surface area contributed by atoms with E-state index in [0.717, 1.165) is 42.6 Å². The van der Waals surface area contributed by atoms with Crippen LogP contribution in [0.2, 0.25) is 0 Å². The van der Waals surface area contributed by atoms with Crippen LogP contribution < -0.4 is 5.32 Å². The Morgan fingerprint density at radius 2 is 2.15 bits per heavy atom. The predicted octanol–water partition coefficient (Wildman–Crippen LogP) is 4.05. The quantitative estimate of drug-likeness (QED) is 0.878. The second kappa shape index (κ2) is 7.19. The summed E-state index contributed by atoms with van der Waals surface area (Å²) in [5, 5.41) is 3.26. The number of nitrogens with one attached hydrogen (secondary N) is 1. The van der Waals surface area contributed by atoms with Crippen molar-refractivity contribution >= 4 is 0 Å². The minimum Gasteiger partial charge on any atom is -0.378 e. The Kier molecular flexibility index (Phi) is 5.55. The lowest BCUT2D eigenvalue weighted by Crippen LogP contribution is -2.24. The highest BCUT2D eigenvalue weighted by molar-refractivity contribution is 5.34. The van der Waals surface area contributed by atoms with Crippen LogP contribution in [-0.2, 0) is 4.74 Å². The molecule has 0 spiro atoms. The lowest BCUT2D eigenvalue weighted by molar-refractivity contribution is 0.00859. The molecule has 1 fully saturated rings. The minimum atomic E-state index is -0.0913. The van der Waals surface area contributed by atoms with Gasteiger partial charge in [0.05, 0.1) is 6.10 Å². The highest BCUT2D eigenvalue weighted by Gasteiger charge is 2.20. The number of rotatable bonds is 5. The molecule has 1 N–H and O–H groups in total. The number of aryl methyl sites for hydroxylation is 2. The molecule has 0 radical (unpaired) electrons. The fourth-order valence-corrected chi connectivity index (χ4v) is 3.19. The van der Waals surface area contributed by atoms with Crippen molar-refractivity contribution in [2.45, 2.75) is 58.1 Å². The molecular weight excluding hydrogens is 253 g/mol. The van der Waals surface area contributed by atoms with Crippen LogP contribution in [0, 0.1) is 19.7 Å². The molecule has 0 aromatic heterocycles. The van der Waals surface area contributed by atoms with E-state index in [1.165, 1.54) is 12.8 Å². The summed E-state index contributed by atoms with van der Waals surface area (Å²) in [5.74, 6) is -0.0913. The summed E-state index contributed by atoms with van der Waals surface area (Å²) in [4.78, 5) is 0. The number of ether oxygens (including phenoxy) is 1. The van der Waals surface area contributed by atoms with E-state index >= 15 is 0 Å². The Balaban J connectivity index is 2.04. The molecule has 2 rings (SSSR count). The Bertz CT molecular complexity index is 418. The standard InChI is InChI=1S/C17H26FNO/c1-12-10-13(2)17(15(18)11-12)16(19-3)8-7-14-6-4-5-9-20-14/h10-11,14,16,19H,4-9H2,1-3H3. The lowest BCUT2D eigenvalue weighted by Gasteiger charge is -2.26. The minimum absolute atomic E-state index is 0.0705. The van der Waals surface area contributed by atoms with Crippen LogP contribution in [0.3, 0.4) is 0 Å². The zero-order valence-electron chi connectivity index (χ0n) is 12.8. The maximum Gasteiger partial charge on any atom is 0.128 e. The normalized spacial score (nSPS) is 20.9. The van der Waals surface area contributed by atoms with Gasteiger partial charge in [0.1, 0.15) is 5.82 Å². The number of halogens is 1. The topological polar surface area (TPSA) is 21.3 Å². The molecule has 1 heterocycles. The van der Waals surface area contributed by atoms with Gasteiger partial charge in [-0.25, -0.2) is 4.39 Å². The zero-order valence-corrected chi connectivity index (χ0v) is 12.8. The molecule has 1 aromatic rings. The summed E-state index contributed by atoms with van der Waals surface area (Å²) in [5.41, 5.74) is 2.83. The molecule has 0 aliphatic carbocycles. The molecule has 1 aliphatic heterocycles. The third-order valence-corrected chi connectivity index (χ3v) is 4.23. The van der Waals surface area contributed by atoms with E-state index < -0.39 is 0 Å². The first-order valence-electron chi connectivity index (χ1n) is 7.67. The maximum absolute atomic E-state index is 14.2. The molecule has 1 aromatic carbocycles. The fourth-order valence-electron chi connectivity index (χ4n) is 3.19. The Hall–Kier alpha value is -0.930. The van der Waals surface area contributed by atoms with Crippen LogP contribution in [0.25, 0.3) is 0 Å². The van der Waals surface area contributed by atoms with Crippen LogP contribution in [0.15, 0.2) is 12.1 Å². The second-order valence-corrected chi connectivity index (χ2v) is 5.88. The molecule has 2 nitrogen and oxygen atoms in total. The van der Waals surface area contributed by atoms with Crippen molar-refractivity contribution in [3.05, 3.63) is 34.6 Å². The number of benzene rings is 1. The van der Waals surface area contributed by atoms with Gasteiger partial charge in [0.25, 0.3) is 0 Å². The molecule has 2 atom stereocenters. The van der Waals surface area contributed by atoms with Gasteiger partial charge in [0.2, 0.25) is 0 Å². The van der Waals surface area contributed by atoms with Crippen LogP contribution in [-0.4, -0.2) is 19.8 Å². The van der Waals surface area contributed by atoms with Crippen molar-refractivity contribution in [1.29, 1.82) is 0 Å². The van der Waals surface area contributed by atoms with Crippen LogP contribution in [0.1, 0.15) is 54.8 Å². The lowest BCUT2D eigenvalue weighted by atomic mass is 9.93. The van der Waals surface area contributed by atoms with Crippen LogP contribution in [0.4, 0.5) is 4.39 Å². The molecular formula is C17H26FNO. The van der Waals surface area contributed by atoms with E-state index in [2.05, 4.69) is 11.4 Å². The first-order chi connectivity index (χ1) is 9.61. The van der Waals surface area contributed by atoms with E-state index in [1.807, 2.05) is 20.9 Å². The monoisotopic (exact) mass is 279 g/mol. The smallest absolute Gasteiger partial charge is 0.128 e. The molecule has 112 valence electrons. The van der Waals surface area contributed by atoms with Crippen LogP contribution in [0.5, 0.6) is 0 Å². The third-order valence-electron chi connectivity index (χ3n) is 4.23. The fraction of sp³-hybridized carbons (Fsp3) is 0.647. The summed E-state index contributed by atoms with van der Waals surface area (Å²) < 4.78 is 20.0. The maximum atomic E-state index is 14.2. The molecule has 0 saturated carbocycles. The summed E-state index contributed by atoms with van der Waals surface area (Å²) >= 11 is 0. The van der Waals surface area contributed by atoms with Crippen molar-refractivity contribution in [2.75, 3.05) is 13.7 Å². The summed E-state index contributed by atoms with van der Waals surface area (Å²) in [6, 6.07) is 3.75. The molecule has 2 unspecified atom stereocenters. The van der Waals surface area contributed by atoms with Crippen molar-refractivity contribution in [3.8, 4) is 0 Å². The average molecular weight is 279 g/mol. The van der Waals surface area contributed by atoms with E-state index in [0.29, 0.717) is 6.10 Å². The van der Waals surface area contributed by atoms with E-state index in [1.54, 1.807) is 6.07 Å². The summed E-state index contributed by atoms with van der Waals surface area (Å²) in [6.07, 6.45) is 5.85. The zero-order chi connectivity index (χ0) is 14.5. The first kappa shape index (κ1) is 15.5. The summed E-state index contributed by atoms with van der Waals surface area (Å²) in [7, 11) is 1.91. The van der Waals surface area contributed by atoms with Crippen molar-refractivity contribution in [2.24, 2.45) is 0 Å². The number of hydrogen-bond acceptors (Lipinski definition) is 2. The number of hydrogen-bond donors (Lipinski definition) is 1. The highest BCUT2D eigenvalue weighted by atomic mass is 19.1. The van der Waals surface area contributed by atoms with E-state index in [4.69, 9.17) is 4.74 Å².